The second kappa shape index (κ2) is 11.7. The zero-order valence-corrected chi connectivity index (χ0v) is 21.3. The van der Waals surface area contributed by atoms with Crippen molar-refractivity contribution < 1.29 is 9.53 Å². The molecular formula is C31H37N3O2. The first-order valence-corrected chi connectivity index (χ1v) is 13.2. The van der Waals surface area contributed by atoms with Gasteiger partial charge < -0.3 is 10.1 Å². The van der Waals surface area contributed by atoms with Crippen LogP contribution in [0.25, 0.3) is 0 Å². The normalized spacial score (nSPS) is 16.9. The number of fused-ring (bicyclic) bond motifs is 1. The third-order valence-electron chi connectivity index (χ3n) is 7.57. The summed E-state index contributed by atoms with van der Waals surface area (Å²) >= 11 is 0. The molecule has 0 atom stereocenters. The standard InChI is InChI=1S/C31H37N3O2/c1-36-30-11-5-8-26(19-30)21-33-15-13-28(14-16-33)31(35)32-20-24-6-4-7-25(18-24)22-34-17-12-27-9-2-3-10-29(27)23-34/h2-11,18-19,28H,12-17,20-23H2,1H3,(H,32,35). The Bertz CT molecular complexity index is 1170. The van der Waals surface area contributed by atoms with E-state index < -0.39 is 0 Å². The number of benzene rings is 3. The summed E-state index contributed by atoms with van der Waals surface area (Å²) in [5, 5.41) is 3.20. The lowest BCUT2D eigenvalue weighted by molar-refractivity contribution is -0.126. The largest absolute Gasteiger partial charge is 0.497 e. The van der Waals surface area contributed by atoms with Crippen LogP contribution in [0.5, 0.6) is 5.75 Å². The summed E-state index contributed by atoms with van der Waals surface area (Å²) in [6, 6.07) is 25.7. The molecule has 2 heterocycles. The minimum absolute atomic E-state index is 0.100. The van der Waals surface area contributed by atoms with Gasteiger partial charge in [0.05, 0.1) is 7.11 Å². The number of methoxy groups -OCH3 is 1. The highest BCUT2D eigenvalue weighted by molar-refractivity contribution is 5.78. The molecule has 0 bridgehead atoms. The Morgan fingerprint density at radius 1 is 0.833 bits per heavy atom. The van der Waals surface area contributed by atoms with Gasteiger partial charge >= 0.3 is 0 Å². The summed E-state index contributed by atoms with van der Waals surface area (Å²) < 4.78 is 5.34. The molecule has 1 fully saturated rings. The predicted molar refractivity (Wildman–Crippen MR) is 144 cm³/mol. The van der Waals surface area contributed by atoms with Crippen molar-refractivity contribution in [3.05, 3.63) is 101 Å². The average molecular weight is 484 g/mol. The summed E-state index contributed by atoms with van der Waals surface area (Å²) in [4.78, 5) is 17.8. The summed E-state index contributed by atoms with van der Waals surface area (Å²) in [5.74, 6) is 1.18. The van der Waals surface area contributed by atoms with Crippen LogP contribution in [0.2, 0.25) is 0 Å². The third-order valence-corrected chi connectivity index (χ3v) is 7.57. The van der Waals surface area contributed by atoms with Crippen LogP contribution in [-0.4, -0.2) is 42.5 Å². The van der Waals surface area contributed by atoms with E-state index in [0.717, 1.165) is 64.3 Å². The van der Waals surface area contributed by atoms with E-state index in [0.29, 0.717) is 6.54 Å². The monoisotopic (exact) mass is 483 g/mol. The Balaban J connectivity index is 1.07. The maximum atomic E-state index is 12.9. The first-order valence-electron chi connectivity index (χ1n) is 13.2. The maximum Gasteiger partial charge on any atom is 0.223 e. The summed E-state index contributed by atoms with van der Waals surface area (Å²) in [6.45, 7) is 6.44. The fourth-order valence-electron chi connectivity index (χ4n) is 5.50. The molecular weight excluding hydrogens is 446 g/mol. The number of amides is 1. The van der Waals surface area contributed by atoms with E-state index in [9.17, 15) is 4.79 Å². The number of hydrogen-bond donors (Lipinski definition) is 1. The minimum atomic E-state index is 0.100. The van der Waals surface area contributed by atoms with E-state index in [1.165, 1.54) is 27.8 Å². The van der Waals surface area contributed by atoms with Gasteiger partial charge in [0.1, 0.15) is 5.75 Å². The van der Waals surface area contributed by atoms with Crippen LogP contribution < -0.4 is 10.1 Å². The third kappa shape index (κ3) is 6.34. The van der Waals surface area contributed by atoms with E-state index in [4.69, 9.17) is 4.74 Å². The van der Waals surface area contributed by atoms with Gasteiger partial charge in [0.15, 0.2) is 0 Å². The highest BCUT2D eigenvalue weighted by atomic mass is 16.5. The van der Waals surface area contributed by atoms with E-state index in [-0.39, 0.29) is 11.8 Å². The lowest BCUT2D eigenvalue weighted by atomic mass is 9.95. The van der Waals surface area contributed by atoms with Gasteiger partial charge in [-0.3, -0.25) is 14.6 Å². The van der Waals surface area contributed by atoms with E-state index in [2.05, 4.69) is 75.8 Å². The Kier molecular flexibility index (Phi) is 7.99. The minimum Gasteiger partial charge on any atom is -0.497 e. The first kappa shape index (κ1) is 24.5. The van der Waals surface area contributed by atoms with Gasteiger partial charge in [-0.25, -0.2) is 0 Å². The Labute approximate surface area is 215 Å². The molecule has 2 aliphatic heterocycles. The molecule has 2 aliphatic rings. The van der Waals surface area contributed by atoms with Crippen LogP contribution in [0.1, 0.15) is 40.7 Å². The van der Waals surface area contributed by atoms with Crippen molar-refractivity contribution in [3.8, 4) is 5.75 Å². The molecule has 188 valence electrons. The van der Waals surface area contributed by atoms with Gasteiger partial charge in [0.25, 0.3) is 0 Å². The molecule has 0 spiro atoms. The number of likely N-dealkylation sites (tertiary alicyclic amines) is 1. The molecule has 0 saturated carbocycles. The fraction of sp³-hybridized carbons (Fsp3) is 0.387. The van der Waals surface area contributed by atoms with Crippen LogP contribution in [0.4, 0.5) is 0 Å². The molecule has 0 radical (unpaired) electrons. The molecule has 3 aromatic rings. The van der Waals surface area contributed by atoms with Crippen molar-refractivity contribution in [2.75, 3.05) is 26.7 Å². The average Bonchev–Trinajstić information content (AvgIpc) is 2.92. The van der Waals surface area contributed by atoms with Gasteiger partial charge in [0, 0.05) is 38.6 Å². The van der Waals surface area contributed by atoms with E-state index in [1.807, 2.05) is 12.1 Å². The number of carbonyl (C=O) groups is 1. The Morgan fingerprint density at radius 3 is 2.33 bits per heavy atom. The lowest BCUT2D eigenvalue weighted by Gasteiger charge is -2.31. The fourth-order valence-corrected chi connectivity index (χ4v) is 5.50. The van der Waals surface area contributed by atoms with E-state index in [1.54, 1.807) is 7.11 Å². The summed E-state index contributed by atoms with van der Waals surface area (Å²) in [7, 11) is 1.70. The van der Waals surface area contributed by atoms with Crippen LogP contribution in [-0.2, 0) is 37.4 Å². The molecule has 0 unspecified atom stereocenters. The van der Waals surface area contributed by atoms with E-state index >= 15 is 0 Å². The van der Waals surface area contributed by atoms with Crippen molar-refractivity contribution in [1.82, 2.24) is 15.1 Å². The first-order chi connectivity index (χ1) is 17.7. The number of nitrogens with one attached hydrogen (secondary N) is 1. The predicted octanol–water partition coefficient (Wildman–Crippen LogP) is 4.78. The Hall–Kier alpha value is -3.15. The second-order valence-electron chi connectivity index (χ2n) is 10.2. The zero-order valence-electron chi connectivity index (χ0n) is 21.3. The number of carbonyl (C=O) groups excluding carboxylic acids is 1. The molecule has 1 N–H and O–H groups in total. The van der Waals surface area contributed by atoms with Crippen molar-refractivity contribution in [2.45, 2.75) is 45.4 Å². The summed E-state index contributed by atoms with van der Waals surface area (Å²) in [6.07, 6.45) is 2.93. The van der Waals surface area contributed by atoms with Crippen molar-refractivity contribution in [2.24, 2.45) is 5.92 Å². The molecule has 3 aromatic carbocycles. The molecule has 1 saturated heterocycles. The Morgan fingerprint density at radius 2 is 1.53 bits per heavy atom. The quantitative estimate of drug-likeness (QED) is 0.501. The van der Waals surface area contributed by atoms with Gasteiger partial charge in [0.2, 0.25) is 5.91 Å². The summed E-state index contributed by atoms with van der Waals surface area (Å²) in [5.41, 5.74) is 6.67. The van der Waals surface area contributed by atoms with Gasteiger partial charge in [-0.1, -0.05) is 60.7 Å². The number of hydrogen-bond acceptors (Lipinski definition) is 4. The number of rotatable bonds is 8. The van der Waals surface area contributed by atoms with Crippen LogP contribution in [0.15, 0.2) is 72.8 Å². The topological polar surface area (TPSA) is 44.8 Å². The molecule has 0 aliphatic carbocycles. The maximum absolute atomic E-state index is 12.9. The zero-order chi connectivity index (χ0) is 24.7. The smallest absolute Gasteiger partial charge is 0.223 e. The molecule has 5 rings (SSSR count). The molecule has 0 aromatic heterocycles. The van der Waals surface area contributed by atoms with Crippen LogP contribution in [0.3, 0.4) is 0 Å². The lowest BCUT2D eigenvalue weighted by Crippen LogP contribution is -2.40. The molecule has 1 amide bonds. The van der Waals surface area contributed by atoms with Crippen molar-refractivity contribution in [1.29, 1.82) is 0 Å². The van der Waals surface area contributed by atoms with Crippen LogP contribution in [0, 0.1) is 5.92 Å². The van der Waals surface area contributed by atoms with Crippen molar-refractivity contribution >= 4 is 5.91 Å². The van der Waals surface area contributed by atoms with Crippen LogP contribution >= 0.6 is 0 Å². The molecule has 36 heavy (non-hydrogen) atoms. The van der Waals surface area contributed by atoms with Gasteiger partial charge in [-0.2, -0.15) is 0 Å². The number of nitrogens with zero attached hydrogens (tertiary/aromatic N) is 2. The number of piperidine rings is 1. The number of ether oxygens (including phenoxy) is 1. The molecule has 5 nitrogen and oxygen atoms in total. The SMILES string of the molecule is COc1cccc(CN2CCC(C(=O)NCc3cccc(CN4CCc5ccccc5C4)c3)CC2)c1. The van der Waals surface area contributed by atoms with Gasteiger partial charge in [-0.15, -0.1) is 0 Å². The highest BCUT2D eigenvalue weighted by Crippen LogP contribution is 2.22. The van der Waals surface area contributed by atoms with Crippen molar-refractivity contribution in [3.63, 3.8) is 0 Å². The van der Waals surface area contributed by atoms with Gasteiger partial charge in [-0.05, 0) is 72.3 Å². The molecule has 5 heteroatoms. The second-order valence-corrected chi connectivity index (χ2v) is 10.2. The highest BCUT2D eigenvalue weighted by Gasteiger charge is 2.25.